The van der Waals surface area contributed by atoms with Gasteiger partial charge in [0.15, 0.2) is 0 Å². The number of rotatable bonds is 6. The molecule has 2 heterocycles. The molecule has 19 heavy (non-hydrogen) atoms. The summed E-state index contributed by atoms with van der Waals surface area (Å²) < 4.78 is 7.52. The lowest BCUT2D eigenvalue weighted by atomic mass is 9.94. The topological polar surface area (TPSA) is 69.2 Å². The monoisotopic (exact) mass is 267 g/mol. The highest BCUT2D eigenvalue weighted by molar-refractivity contribution is 5.17. The van der Waals surface area contributed by atoms with Gasteiger partial charge < -0.3 is 15.4 Å². The van der Waals surface area contributed by atoms with Crippen LogP contribution in [0.1, 0.15) is 30.1 Å². The molecule has 0 radical (unpaired) electrons. The Labute approximate surface area is 114 Å². The molecule has 1 aromatic heterocycles. The third kappa shape index (κ3) is 3.75. The minimum Gasteiger partial charge on any atom is -0.381 e. The Morgan fingerprint density at radius 3 is 2.74 bits per heavy atom. The lowest BCUT2D eigenvalue weighted by Crippen LogP contribution is -2.23. The lowest BCUT2D eigenvalue weighted by molar-refractivity contribution is 0.0832. The van der Waals surface area contributed by atoms with Crippen molar-refractivity contribution in [1.29, 1.82) is 0 Å². The van der Waals surface area contributed by atoms with Crippen LogP contribution in [0.2, 0.25) is 0 Å². The molecule has 108 valence electrons. The van der Waals surface area contributed by atoms with Gasteiger partial charge in [-0.05, 0) is 33.5 Å². The Bertz CT molecular complexity index is 384. The number of nitrogens with zero attached hydrogens (tertiary/aromatic N) is 4. The van der Waals surface area contributed by atoms with E-state index >= 15 is 0 Å². The number of hydrogen-bond donors (Lipinski definition) is 1. The zero-order valence-corrected chi connectivity index (χ0v) is 12.0. The molecule has 0 saturated carbocycles. The van der Waals surface area contributed by atoms with Gasteiger partial charge in [0, 0.05) is 32.1 Å². The largest absolute Gasteiger partial charge is 0.381 e. The van der Waals surface area contributed by atoms with Crippen molar-refractivity contribution in [3.63, 3.8) is 0 Å². The van der Waals surface area contributed by atoms with Gasteiger partial charge in [-0.3, -0.25) is 0 Å². The summed E-state index contributed by atoms with van der Waals surface area (Å²) in [5, 5.41) is 8.66. The summed E-state index contributed by atoms with van der Waals surface area (Å²) in [5.41, 5.74) is 8.05. The zero-order chi connectivity index (χ0) is 13.7. The lowest BCUT2D eigenvalue weighted by Gasteiger charge is -2.24. The van der Waals surface area contributed by atoms with E-state index in [9.17, 15) is 0 Å². The second-order valence-electron chi connectivity index (χ2n) is 5.37. The number of hydrogen-bond acceptors (Lipinski definition) is 5. The van der Waals surface area contributed by atoms with Crippen molar-refractivity contribution in [2.24, 2.45) is 5.73 Å². The van der Waals surface area contributed by atoms with Crippen molar-refractivity contribution < 1.29 is 4.74 Å². The maximum atomic E-state index is 5.68. The van der Waals surface area contributed by atoms with E-state index in [0.717, 1.165) is 51.3 Å². The highest BCUT2D eigenvalue weighted by Gasteiger charge is 2.24. The molecule has 1 aliphatic heterocycles. The van der Waals surface area contributed by atoms with Crippen molar-refractivity contribution in [3.05, 3.63) is 11.4 Å². The van der Waals surface area contributed by atoms with Crippen molar-refractivity contribution in [3.8, 4) is 0 Å². The standard InChI is InChI=1S/C13H25N5O/c1-17(2)7-8-18-13(11-4-9-19-10-5-11)12(3-6-14)15-16-18/h11H,3-10,14H2,1-2H3. The van der Waals surface area contributed by atoms with Gasteiger partial charge in [0.1, 0.15) is 0 Å². The van der Waals surface area contributed by atoms with Crippen LogP contribution in [0, 0.1) is 0 Å². The Balaban J connectivity index is 2.16. The molecule has 2 rings (SSSR count). The molecule has 0 aromatic carbocycles. The second-order valence-corrected chi connectivity index (χ2v) is 5.37. The van der Waals surface area contributed by atoms with Crippen LogP contribution in [-0.4, -0.2) is 60.3 Å². The molecule has 2 N–H and O–H groups in total. The van der Waals surface area contributed by atoms with Gasteiger partial charge in [-0.25, -0.2) is 4.68 Å². The van der Waals surface area contributed by atoms with Crippen LogP contribution >= 0.6 is 0 Å². The summed E-state index contributed by atoms with van der Waals surface area (Å²) in [6.07, 6.45) is 2.94. The van der Waals surface area contributed by atoms with Crippen LogP contribution in [0.25, 0.3) is 0 Å². The van der Waals surface area contributed by atoms with Gasteiger partial charge in [-0.15, -0.1) is 5.10 Å². The molecule has 0 spiro atoms. The van der Waals surface area contributed by atoms with Crippen LogP contribution < -0.4 is 5.73 Å². The minimum absolute atomic E-state index is 0.521. The van der Waals surface area contributed by atoms with E-state index < -0.39 is 0 Å². The second kappa shape index (κ2) is 6.98. The summed E-state index contributed by atoms with van der Waals surface area (Å²) in [6, 6.07) is 0. The Morgan fingerprint density at radius 2 is 2.11 bits per heavy atom. The molecule has 0 unspecified atom stereocenters. The van der Waals surface area contributed by atoms with Crippen LogP contribution in [0.5, 0.6) is 0 Å². The fraction of sp³-hybridized carbons (Fsp3) is 0.846. The van der Waals surface area contributed by atoms with E-state index in [4.69, 9.17) is 10.5 Å². The number of ether oxygens (including phenoxy) is 1. The fourth-order valence-electron chi connectivity index (χ4n) is 2.55. The summed E-state index contributed by atoms with van der Waals surface area (Å²) in [5.74, 6) is 0.521. The molecule has 1 aromatic rings. The maximum Gasteiger partial charge on any atom is 0.0874 e. The number of likely N-dealkylation sites (N-methyl/N-ethyl adjacent to an activating group) is 1. The molecule has 0 atom stereocenters. The normalized spacial score (nSPS) is 17.3. The van der Waals surface area contributed by atoms with E-state index in [0.29, 0.717) is 12.5 Å². The van der Waals surface area contributed by atoms with Gasteiger partial charge in [-0.1, -0.05) is 5.21 Å². The van der Waals surface area contributed by atoms with Crippen molar-refractivity contribution in [2.45, 2.75) is 31.7 Å². The first-order valence-electron chi connectivity index (χ1n) is 7.07. The van der Waals surface area contributed by atoms with E-state index in [-0.39, 0.29) is 0 Å². The van der Waals surface area contributed by atoms with Crippen LogP contribution in [0.15, 0.2) is 0 Å². The smallest absolute Gasteiger partial charge is 0.0874 e. The molecular weight excluding hydrogens is 242 g/mol. The highest BCUT2D eigenvalue weighted by Crippen LogP contribution is 2.28. The third-order valence-corrected chi connectivity index (χ3v) is 3.60. The van der Waals surface area contributed by atoms with Crippen molar-refractivity contribution >= 4 is 0 Å². The average molecular weight is 267 g/mol. The average Bonchev–Trinajstić information content (AvgIpc) is 2.81. The third-order valence-electron chi connectivity index (χ3n) is 3.60. The molecule has 0 amide bonds. The molecule has 6 nitrogen and oxygen atoms in total. The first kappa shape index (κ1) is 14.4. The quantitative estimate of drug-likeness (QED) is 0.799. The predicted molar refractivity (Wildman–Crippen MR) is 74.1 cm³/mol. The predicted octanol–water partition coefficient (Wildman–Crippen LogP) is 0.235. The first-order valence-corrected chi connectivity index (χ1v) is 7.07. The molecule has 1 aliphatic rings. The minimum atomic E-state index is 0.521. The van der Waals surface area contributed by atoms with Crippen LogP contribution in [-0.2, 0) is 17.7 Å². The molecular formula is C13H25N5O. The van der Waals surface area contributed by atoms with Gasteiger partial charge in [0.25, 0.3) is 0 Å². The van der Waals surface area contributed by atoms with Gasteiger partial charge >= 0.3 is 0 Å². The summed E-state index contributed by atoms with van der Waals surface area (Å²) in [4.78, 5) is 2.16. The highest BCUT2D eigenvalue weighted by atomic mass is 16.5. The Hall–Kier alpha value is -0.980. The summed E-state index contributed by atoms with van der Waals surface area (Å²) >= 11 is 0. The zero-order valence-electron chi connectivity index (χ0n) is 12.0. The van der Waals surface area contributed by atoms with Gasteiger partial charge in [-0.2, -0.15) is 0 Å². The van der Waals surface area contributed by atoms with Crippen LogP contribution in [0.4, 0.5) is 0 Å². The van der Waals surface area contributed by atoms with Crippen molar-refractivity contribution in [1.82, 2.24) is 19.9 Å². The molecule has 1 fully saturated rings. The fourth-order valence-corrected chi connectivity index (χ4v) is 2.55. The maximum absolute atomic E-state index is 5.68. The Kier molecular flexibility index (Phi) is 5.30. The molecule has 0 aliphatic carbocycles. The van der Waals surface area contributed by atoms with Crippen LogP contribution in [0.3, 0.4) is 0 Å². The van der Waals surface area contributed by atoms with E-state index in [1.807, 2.05) is 0 Å². The SMILES string of the molecule is CN(C)CCn1nnc(CCN)c1C1CCOCC1. The first-order chi connectivity index (χ1) is 9.22. The van der Waals surface area contributed by atoms with E-state index in [2.05, 4.69) is 34.0 Å². The molecule has 0 bridgehead atoms. The molecule has 1 saturated heterocycles. The van der Waals surface area contributed by atoms with Gasteiger partial charge in [0.2, 0.25) is 0 Å². The van der Waals surface area contributed by atoms with E-state index in [1.165, 1.54) is 5.69 Å². The summed E-state index contributed by atoms with van der Waals surface area (Å²) in [7, 11) is 4.15. The number of aromatic nitrogens is 3. The number of nitrogens with two attached hydrogens (primary N) is 1. The molecule has 6 heteroatoms. The van der Waals surface area contributed by atoms with E-state index in [1.54, 1.807) is 0 Å². The van der Waals surface area contributed by atoms with Gasteiger partial charge in [0.05, 0.1) is 17.9 Å². The summed E-state index contributed by atoms with van der Waals surface area (Å²) in [6.45, 7) is 4.17. The van der Waals surface area contributed by atoms with Crippen molar-refractivity contribution in [2.75, 3.05) is 40.4 Å². The Morgan fingerprint density at radius 1 is 1.37 bits per heavy atom.